The van der Waals surface area contributed by atoms with Gasteiger partial charge in [0.25, 0.3) is 0 Å². The van der Waals surface area contributed by atoms with Gasteiger partial charge in [0.15, 0.2) is 0 Å². The Balaban J connectivity index is 1.46. The molecule has 2 heterocycles. The molecule has 0 spiro atoms. The van der Waals surface area contributed by atoms with E-state index in [4.69, 9.17) is 21.1 Å². The maximum absolute atomic E-state index is 12.2. The lowest BCUT2D eigenvalue weighted by molar-refractivity contribution is -0.308. The van der Waals surface area contributed by atoms with Crippen molar-refractivity contribution in [2.45, 2.75) is 70.3 Å². The first kappa shape index (κ1) is 20.5. The van der Waals surface area contributed by atoms with Crippen molar-refractivity contribution in [2.75, 3.05) is 0 Å². The maximum atomic E-state index is 12.2. The number of halogens is 1. The van der Waals surface area contributed by atoms with E-state index in [1.807, 2.05) is 12.1 Å². The summed E-state index contributed by atoms with van der Waals surface area (Å²) < 4.78 is 12.8. The summed E-state index contributed by atoms with van der Waals surface area (Å²) >= 11 is 6.40. The summed E-state index contributed by atoms with van der Waals surface area (Å²) in [5.74, 6) is -1.63. The van der Waals surface area contributed by atoms with Crippen molar-refractivity contribution in [3.63, 3.8) is 0 Å². The summed E-state index contributed by atoms with van der Waals surface area (Å²) in [5, 5.41) is 14.2. The minimum Gasteiger partial charge on any atom is -0.550 e. The van der Waals surface area contributed by atoms with Crippen molar-refractivity contribution < 1.29 is 24.2 Å². The second-order valence-corrected chi connectivity index (χ2v) is 9.55. The lowest BCUT2D eigenvalue weighted by Gasteiger charge is -2.32. The van der Waals surface area contributed by atoms with E-state index in [2.05, 4.69) is 26.1 Å². The zero-order valence-corrected chi connectivity index (χ0v) is 17.8. The van der Waals surface area contributed by atoms with E-state index < -0.39 is 17.8 Å². The van der Waals surface area contributed by atoms with Crippen molar-refractivity contribution in [2.24, 2.45) is 17.8 Å². The van der Waals surface area contributed by atoms with Crippen molar-refractivity contribution >= 4 is 23.5 Å². The molecule has 2 bridgehead atoms. The van der Waals surface area contributed by atoms with Crippen molar-refractivity contribution in [1.82, 2.24) is 5.32 Å². The van der Waals surface area contributed by atoms with E-state index in [-0.39, 0.29) is 29.8 Å². The largest absolute Gasteiger partial charge is 0.550 e. The Labute approximate surface area is 175 Å². The van der Waals surface area contributed by atoms with Gasteiger partial charge in [0.05, 0.1) is 5.60 Å². The zero-order chi connectivity index (χ0) is 21.0. The number of amides is 1. The minimum atomic E-state index is -1.17. The van der Waals surface area contributed by atoms with E-state index >= 15 is 0 Å². The van der Waals surface area contributed by atoms with Gasteiger partial charge in [0.1, 0.15) is 17.5 Å². The van der Waals surface area contributed by atoms with Gasteiger partial charge in [-0.25, -0.2) is 0 Å². The van der Waals surface area contributed by atoms with Crippen LogP contribution in [0, 0.1) is 17.8 Å². The van der Waals surface area contributed by atoms with Crippen molar-refractivity contribution in [3.8, 4) is 5.75 Å². The minimum absolute atomic E-state index is 0.0857. The highest BCUT2D eigenvalue weighted by Crippen LogP contribution is 2.55. The Kier molecular flexibility index (Phi) is 5.06. The first-order valence-electron chi connectivity index (χ1n) is 10.3. The SMILES string of the molecule is CC(C)[C@]12CC[C@](C)(O1)[C@H](Oc1cccc(Cl)c1CNC(=O)[C@@H]1C[C@@H]1C(=O)[O-])C2. The Hall–Kier alpha value is -1.79. The van der Waals surface area contributed by atoms with Crippen LogP contribution in [-0.2, 0) is 20.9 Å². The molecule has 1 aromatic carbocycles. The molecule has 158 valence electrons. The average molecular weight is 421 g/mol. The van der Waals surface area contributed by atoms with Crippen LogP contribution in [0.2, 0.25) is 5.02 Å². The van der Waals surface area contributed by atoms with E-state index in [1.165, 1.54) is 0 Å². The van der Waals surface area contributed by atoms with E-state index in [1.54, 1.807) is 6.07 Å². The van der Waals surface area contributed by atoms with Gasteiger partial charge < -0.3 is 24.7 Å². The number of ether oxygens (including phenoxy) is 2. The fourth-order valence-corrected chi connectivity index (χ4v) is 4.99. The molecular weight excluding hydrogens is 394 g/mol. The number of aliphatic carboxylic acids is 1. The lowest BCUT2D eigenvalue weighted by atomic mass is 9.75. The van der Waals surface area contributed by atoms with Crippen LogP contribution >= 0.6 is 11.6 Å². The van der Waals surface area contributed by atoms with Crippen LogP contribution in [-0.4, -0.2) is 29.2 Å². The third-order valence-corrected chi connectivity index (χ3v) is 7.31. The molecule has 1 saturated carbocycles. The van der Waals surface area contributed by atoms with Gasteiger partial charge in [0, 0.05) is 41.4 Å². The van der Waals surface area contributed by atoms with E-state index in [9.17, 15) is 14.7 Å². The molecule has 1 aliphatic carbocycles. The first-order valence-corrected chi connectivity index (χ1v) is 10.7. The third-order valence-electron chi connectivity index (χ3n) is 6.96. The summed E-state index contributed by atoms with van der Waals surface area (Å²) in [4.78, 5) is 23.1. The van der Waals surface area contributed by atoms with Crippen LogP contribution in [0.1, 0.15) is 52.0 Å². The molecule has 5 atom stereocenters. The summed E-state index contributed by atoms with van der Waals surface area (Å²) in [6.07, 6.45) is 3.07. The van der Waals surface area contributed by atoms with Crippen molar-refractivity contribution in [3.05, 3.63) is 28.8 Å². The molecule has 1 amide bonds. The molecule has 0 radical (unpaired) electrons. The fourth-order valence-electron chi connectivity index (χ4n) is 4.76. The van der Waals surface area contributed by atoms with Gasteiger partial charge in [-0.15, -0.1) is 0 Å². The molecule has 4 rings (SSSR count). The maximum Gasteiger partial charge on any atom is 0.224 e. The fraction of sp³-hybridized carbons (Fsp3) is 0.636. The zero-order valence-electron chi connectivity index (χ0n) is 17.0. The Morgan fingerprint density at radius 1 is 1.34 bits per heavy atom. The van der Waals surface area contributed by atoms with Crippen LogP contribution in [0.4, 0.5) is 0 Å². The molecule has 0 unspecified atom stereocenters. The molecule has 1 aromatic rings. The number of benzene rings is 1. The monoisotopic (exact) mass is 420 g/mol. The highest BCUT2D eigenvalue weighted by molar-refractivity contribution is 6.31. The Morgan fingerprint density at radius 2 is 2.10 bits per heavy atom. The molecule has 3 fully saturated rings. The number of hydrogen-bond acceptors (Lipinski definition) is 5. The van der Waals surface area contributed by atoms with Gasteiger partial charge in [0.2, 0.25) is 5.91 Å². The summed E-state index contributed by atoms with van der Waals surface area (Å²) in [5.41, 5.74) is 0.222. The van der Waals surface area contributed by atoms with Crippen LogP contribution < -0.4 is 15.2 Å². The number of carboxylic acid groups (broad SMARTS) is 1. The number of rotatable bonds is 7. The van der Waals surface area contributed by atoms with E-state index in [0.29, 0.717) is 28.7 Å². The van der Waals surface area contributed by atoms with Gasteiger partial charge in [-0.1, -0.05) is 31.5 Å². The van der Waals surface area contributed by atoms with Crippen LogP contribution in [0.5, 0.6) is 5.75 Å². The molecule has 7 heteroatoms. The Morgan fingerprint density at radius 3 is 2.72 bits per heavy atom. The lowest BCUT2D eigenvalue weighted by Crippen LogP contribution is -2.41. The molecule has 29 heavy (non-hydrogen) atoms. The standard InChI is InChI=1S/C22H28ClNO5/c1-12(2)22-8-7-21(3,29-22)18(10-22)28-17-6-4-5-16(23)15(17)11-24-19(25)13-9-14(13)20(26)27/h4-6,12-14,18H,7-11H2,1-3H3,(H,24,25)(H,26,27)/p-1/t13-,14+,18-,21+,22-/m1/s1. The average Bonchev–Trinajstić information content (AvgIpc) is 3.32. The van der Waals surface area contributed by atoms with Crippen LogP contribution in [0.25, 0.3) is 0 Å². The van der Waals surface area contributed by atoms with Gasteiger partial charge >= 0.3 is 0 Å². The summed E-state index contributed by atoms with van der Waals surface area (Å²) in [7, 11) is 0. The number of nitrogens with one attached hydrogen (secondary N) is 1. The number of carbonyl (C=O) groups excluding carboxylic acids is 2. The predicted octanol–water partition coefficient (Wildman–Crippen LogP) is 2.46. The molecule has 1 N–H and O–H groups in total. The number of carboxylic acids is 1. The Bertz CT molecular complexity index is 842. The van der Waals surface area contributed by atoms with Gasteiger partial charge in [-0.2, -0.15) is 0 Å². The summed E-state index contributed by atoms with van der Waals surface area (Å²) in [6, 6.07) is 5.43. The van der Waals surface area contributed by atoms with E-state index in [0.717, 1.165) is 19.3 Å². The normalized spacial score (nSPS) is 35.0. The topological polar surface area (TPSA) is 87.7 Å². The highest BCUT2D eigenvalue weighted by atomic mass is 35.5. The van der Waals surface area contributed by atoms with Crippen molar-refractivity contribution in [1.29, 1.82) is 0 Å². The quantitative estimate of drug-likeness (QED) is 0.732. The number of hydrogen-bond donors (Lipinski definition) is 1. The molecule has 2 saturated heterocycles. The third kappa shape index (κ3) is 3.61. The number of fused-ring (bicyclic) bond motifs is 2. The predicted molar refractivity (Wildman–Crippen MR) is 105 cm³/mol. The number of carbonyl (C=O) groups is 2. The summed E-state index contributed by atoms with van der Waals surface area (Å²) in [6.45, 7) is 6.66. The second kappa shape index (κ2) is 7.17. The highest BCUT2D eigenvalue weighted by Gasteiger charge is 2.61. The van der Waals surface area contributed by atoms with Crippen LogP contribution in [0.15, 0.2) is 18.2 Å². The molecular formula is C22H27ClNO5-. The molecule has 6 nitrogen and oxygen atoms in total. The smallest absolute Gasteiger partial charge is 0.224 e. The van der Waals surface area contributed by atoms with Gasteiger partial charge in [-0.3, -0.25) is 4.79 Å². The second-order valence-electron chi connectivity index (χ2n) is 9.15. The molecule has 3 aliphatic rings. The van der Waals surface area contributed by atoms with Crippen LogP contribution in [0.3, 0.4) is 0 Å². The van der Waals surface area contributed by atoms with Gasteiger partial charge in [-0.05, 0) is 44.2 Å². The first-order chi connectivity index (χ1) is 13.7. The molecule has 2 aliphatic heterocycles. The molecule has 0 aromatic heterocycles.